The van der Waals surface area contributed by atoms with Crippen LogP contribution in [0.15, 0.2) is 54.2 Å². The summed E-state index contributed by atoms with van der Waals surface area (Å²) >= 11 is 13.3. The monoisotopic (exact) mass is 646 g/mol. The van der Waals surface area contributed by atoms with E-state index in [2.05, 4.69) is 22.3 Å². The van der Waals surface area contributed by atoms with Gasteiger partial charge < -0.3 is 24.7 Å². The average Bonchev–Trinajstić information content (AvgIpc) is 3.50. The number of aromatic nitrogens is 1. The van der Waals surface area contributed by atoms with Gasteiger partial charge in [0.15, 0.2) is 0 Å². The minimum absolute atomic E-state index is 0.0170. The predicted molar refractivity (Wildman–Crippen MR) is 180 cm³/mol. The summed E-state index contributed by atoms with van der Waals surface area (Å²) in [6.45, 7) is 11.1. The number of ether oxygens (including phenoxy) is 1. The highest BCUT2D eigenvalue weighted by atomic mass is 35.5. The minimum Gasteiger partial charge on any atom is -0.494 e. The van der Waals surface area contributed by atoms with Gasteiger partial charge in [-0.2, -0.15) is 0 Å². The van der Waals surface area contributed by atoms with Crippen LogP contribution in [-0.4, -0.2) is 40.2 Å². The summed E-state index contributed by atoms with van der Waals surface area (Å²) in [6.07, 6.45) is 1.30. The van der Waals surface area contributed by atoms with Crippen molar-refractivity contribution in [1.82, 2.24) is 15.4 Å². The molecule has 0 saturated heterocycles. The Hall–Kier alpha value is -3.98. The molecule has 1 unspecified atom stereocenters. The van der Waals surface area contributed by atoms with Gasteiger partial charge in [0.05, 0.1) is 34.8 Å². The van der Waals surface area contributed by atoms with Crippen molar-refractivity contribution in [2.75, 3.05) is 11.5 Å². The van der Waals surface area contributed by atoms with Gasteiger partial charge in [0, 0.05) is 39.5 Å². The maximum atomic E-state index is 14.5. The van der Waals surface area contributed by atoms with E-state index in [1.807, 2.05) is 52.0 Å². The molecular formula is C35H36Cl2N4O4. The summed E-state index contributed by atoms with van der Waals surface area (Å²) in [7, 11) is 0. The molecule has 3 heterocycles. The van der Waals surface area contributed by atoms with E-state index >= 15 is 0 Å². The first-order valence-corrected chi connectivity index (χ1v) is 15.9. The number of hydrogen-bond donors (Lipinski definition) is 3. The Morgan fingerprint density at radius 1 is 1.04 bits per heavy atom. The molecule has 0 saturated carbocycles. The lowest BCUT2D eigenvalue weighted by Crippen LogP contribution is -2.47. The number of carbonyl (C=O) groups excluding carboxylic acids is 1. The Bertz CT molecular complexity index is 1860. The van der Waals surface area contributed by atoms with Crippen LogP contribution in [0.1, 0.15) is 70.3 Å². The normalized spacial score (nSPS) is 18.0. The number of aromatic carboxylic acids is 1. The molecule has 0 spiro atoms. The van der Waals surface area contributed by atoms with Crippen LogP contribution in [-0.2, 0) is 13.0 Å². The van der Waals surface area contributed by atoms with Crippen molar-refractivity contribution in [3.05, 3.63) is 97.8 Å². The van der Waals surface area contributed by atoms with Crippen LogP contribution in [0.3, 0.4) is 0 Å². The first-order valence-electron chi connectivity index (χ1n) is 15.1. The Kier molecular flexibility index (Phi) is 8.33. The third kappa shape index (κ3) is 5.45. The first kappa shape index (κ1) is 31.0. The van der Waals surface area contributed by atoms with Gasteiger partial charge in [-0.1, -0.05) is 29.3 Å². The zero-order valence-corrected chi connectivity index (χ0v) is 27.4. The second-order valence-corrected chi connectivity index (χ2v) is 12.8. The Morgan fingerprint density at radius 2 is 1.73 bits per heavy atom. The average molecular weight is 648 g/mol. The van der Waals surface area contributed by atoms with Crippen LogP contribution in [0.25, 0.3) is 16.5 Å². The molecule has 0 fully saturated rings. The number of benzene rings is 3. The summed E-state index contributed by atoms with van der Waals surface area (Å²) < 4.78 is 8.28. The molecule has 1 aromatic heterocycles. The van der Waals surface area contributed by atoms with Gasteiger partial charge >= 0.3 is 5.97 Å². The second kappa shape index (κ2) is 12.1. The summed E-state index contributed by atoms with van der Waals surface area (Å²) in [4.78, 5) is 27.8. The number of hydrogen-bond acceptors (Lipinski definition) is 5. The Labute approximate surface area is 272 Å². The number of carbonyl (C=O) groups is 2. The van der Waals surface area contributed by atoms with Crippen LogP contribution in [0, 0.1) is 13.8 Å². The molecule has 2 aliphatic rings. The molecule has 6 rings (SSSR count). The Morgan fingerprint density at radius 3 is 2.36 bits per heavy atom. The maximum Gasteiger partial charge on any atom is 0.335 e. The fourth-order valence-corrected chi connectivity index (χ4v) is 7.10. The van der Waals surface area contributed by atoms with Gasteiger partial charge in [0.1, 0.15) is 11.4 Å². The topological polar surface area (TPSA) is 95.8 Å². The van der Waals surface area contributed by atoms with E-state index in [0.717, 1.165) is 55.2 Å². The van der Waals surface area contributed by atoms with E-state index in [1.54, 1.807) is 17.0 Å². The molecule has 45 heavy (non-hydrogen) atoms. The van der Waals surface area contributed by atoms with Crippen molar-refractivity contribution in [3.8, 4) is 5.75 Å². The predicted octanol–water partition coefficient (Wildman–Crippen LogP) is 7.55. The van der Waals surface area contributed by atoms with Crippen LogP contribution in [0.2, 0.25) is 10.0 Å². The van der Waals surface area contributed by atoms with Crippen molar-refractivity contribution in [3.63, 3.8) is 0 Å². The number of rotatable bonds is 8. The lowest BCUT2D eigenvalue weighted by Gasteiger charge is -2.35. The third-order valence-corrected chi connectivity index (χ3v) is 9.72. The molecular weight excluding hydrogens is 611 g/mol. The van der Waals surface area contributed by atoms with Crippen molar-refractivity contribution in [1.29, 1.82) is 0 Å². The Balaban J connectivity index is 1.43. The molecule has 234 valence electrons. The van der Waals surface area contributed by atoms with Crippen molar-refractivity contribution < 1.29 is 19.4 Å². The smallest absolute Gasteiger partial charge is 0.335 e. The summed E-state index contributed by atoms with van der Waals surface area (Å²) in [5.74, 6) is -0.366. The van der Waals surface area contributed by atoms with Crippen LogP contribution in [0.5, 0.6) is 5.75 Å². The van der Waals surface area contributed by atoms with E-state index in [1.165, 1.54) is 12.1 Å². The molecule has 0 bridgehead atoms. The fraction of sp³-hybridized carbons (Fsp3) is 0.314. The first-order chi connectivity index (χ1) is 21.5. The van der Waals surface area contributed by atoms with E-state index in [4.69, 9.17) is 27.9 Å². The number of nitrogens with zero attached hydrogens (tertiary/aromatic N) is 2. The quantitative estimate of drug-likeness (QED) is 0.171. The number of anilines is 1. The maximum absolute atomic E-state index is 14.5. The molecule has 8 nitrogen and oxygen atoms in total. The van der Waals surface area contributed by atoms with Crippen LogP contribution < -0.4 is 20.5 Å². The number of allylic oxidation sites excluding steroid dienone is 1. The SMILES string of the molecule is CC1=C(c2c(Cl)ccc3c(CCCOc4cc(C)c(Cl)c(C)c4)c4n(c23)C[C@@H](C)N(c2ccc(C(=O)O)cc2)C4=O)C(C)NN1. The van der Waals surface area contributed by atoms with E-state index in [9.17, 15) is 14.7 Å². The van der Waals surface area contributed by atoms with Gasteiger partial charge in [-0.05, 0) is 107 Å². The fourth-order valence-electron chi connectivity index (χ4n) is 6.74. The van der Waals surface area contributed by atoms with Gasteiger partial charge in [-0.25, -0.2) is 10.2 Å². The number of hydrazine groups is 1. The standard InChI is InChI=1S/C35H36Cl2N4O4/c1-18-15-25(16-19(2)31(18)37)45-14-6-7-26-27-12-13-28(36)30(29-21(4)38-39-22(29)5)32(27)40-17-20(3)41(34(42)33(26)40)24-10-8-23(9-11-24)35(43)44/h8-13,15-16,20-21,38-39H,6-7,14,17H2,1-5H3,(H,43,44)/t20-,21?/m1/s1. The van der Waals surface area contributed by atoms with Gasteiger partial charge in [0.2, 0.25) is 0 Å². The summed E-state index contributed by atoms with van der Waals surface area (Å²) in [5, 5.41) is 11.8. The zero-order chi connectivity index (χ0) is 32.2. The van der Waals surface area contributed by atoms with Crippen molar-refractivity contribution in [2.24, 2.45) is 0 Å². The molecule has 0 radical (unpaired) electrons. The highest BCUT2D eigenvalue weighted by Gasteiger charge is 2.37. The van der Waals surface area contributed by atoms with Crippen molar-refractivity contribution in [2.45, 2.75) is 66.1 Å². The van der Waals surface area contributed by atoms with Crippen LogP contribution in [0.4, 0.5) is 5.69 Å². The number of amides is 1. The van der Waals surface area contributed by atoms with E-state index < -0.39 is 5.97 Å². The van der Waals surface area contributed by atoms with Gasteiger partial charge in [-0.3, -0.25) is 4.79 Å². The van der Waals surface area contributed by atoms with Crippen LogP contribution >= 0.6 is 23.2 Å². The zero-order valence-electron chi connectivity index (χ0n) is 25.9. The van der Waals surface area contributed by atoms with E-state index in [0.29, 0.717) is 42.4 Å². The molecule has 2 atom stereocenters. The number of halogens is 2. The number of fused-ring (bicyclic) bond motifs is 3. The molecule has 2 aliphatic heterocycles. The number of carboxylic acids is 1. The molecule has 1 amide bonds. The number of carboxylic acid groups (broad SMARTS) is 1. The summed E-state index contributed by atoms with van der Waals surface area (Å²) in [6, 6.07) is 14.1. The van der Waals surface area contributed by atoms with E-state index in [-0.39, 0.29) is 23.6 Å². The second-order valence-electron chi connectivity index (χ2n) is 12.0. The van der Waals surface area contributed by atoms with Crippen molar-refractivity contribution >= 4 is 57.2 Å². The van der Waals surface area contributed by atoms with Gasteiger partial charge in [0.25, 0.3) is 5.91 Å². The largest absolute Gasteiger partial charge is 0.494 e. The molecule has 10 heteroatoms. The summed E-state index contributed by atoms with van der Waals surface area (Å²) in [5.41, 5.74) is 14.8. The highest BCUT2D eigenvalue weighted by Crippen LogP contribution is 2.42. The number of nitrogens with one attached hydrogen (secondary N) is 2. The minimum atomic E-state index is -1.01. The lowest BCUT2D eigenvalue weighted by atomic mass is 9.95. The lowest BCUT2D eigenvalue weighted by molar-refractivity contribution is 0.0696. The third-order valence-electron chi connectivity index (χ3n) is 8.81. The highest BCUT2D eigenvalue weighted by molar-refractivity contribution is 6.34. The molecule has 3 N–H and O–H groups in total. The molecule has 4 aromatic rings. The molecule has 0 aliphatic carbocycles. The van der Waals surface area contributed by atoms with Gasteiger partial charge in [-0.15, -0.1) is 0 Å². The molecule has 3 aromatic carbocycles. The number of aryl methyl sites for hydroxylation is 3.